The first-order chi connectivity index (χ1) is 7.77. The van der Waals surface area contributed by atoms with E-state index in [4.69, 9.17) is 4.74 Å². The average molecular weight is 221 g/mol. The van der Waals surface area contributed by atoms with Crippen LogP contribution in [-0.2, 0) is 4.74 Å². The van der Waals surface area contributed by atoms with Crippen molar-refractivity contribution in [2.24, 2.45) is 0 Å². The molecule has 1 aromatic heterocycles. The van der Waals surface area contributed by atoms with E-state index in [9.17, 15) is 0 Å². The lowest BCUT2D eigenvalue weighted by Crippen LogP contribution is -2.30. The minimum atomic E-state index is 0.414. The SMILES string of the molecule is CN(C)c1ccncc1NC1CCCOC1. The van der Waals surface area contributed by atoms with Gasteiger partial charge in [-0.3, -0.25) is 4.98 Å². The number of ether oxygens (including phenoxy) is 1. The molecule has 2 rings (SSSR count). The zero-order valence-corrected chi connectivity index (χ0v) is 9.94. The van der Waals surface area contributed by atoms with E-state index >= 15 is 0 Å². The van der Waals surface area contributed by atoms with Crippen molar-refractivity contribution in [3.63, 3.8) is 0 Å². The molecule has 4 nitrogen and oxygen atoms in total. The first kappa shape index (κ1) is 11.2. The van der Waals surface area contributed by atoms with E-state index in [0.29, 0.717) is 6.04 Å². The Bertz CT molecular complexity index is 335. The lowest BCUT2D eigenvalue weighted by Gasteiger charge is -2.26. The second-order valence-corrected chi connectivity index (χ2v) is 4.35. The molecule has 1 unspecified atom stereocenters. The van der Waals surface area contributed by atoms with Crippen LogP contribution >= 0.6 is 0 Å². The normalized spacial score (nSPS) is 20.5. The first-order valence-electron chi connectivity index (χ1n) is 5.73. The van der Waals surface area contributed by atoms with Crippen molar-refractivity contribution >= 4 is 11.4 Å². The second-order valence-electron chi connectivity index (χ2n) is 4.35. The highest BCUT2D eigenvalue weighted by Gasteiger charge is 2.15. The molecule has 0 aromatic carbocycles. The molecular formula is C12H19N3O. The van der Waals surface area contributed by atoms with Crippen LogP contribution in [0.5, 0.6) is 0 Å². The quantitative estimate of drug-likeness (QED) is 0.843. The number of rotatable bonds is 3. The van der Waals surface area contributed by atoms with Crippen molar-refractivity contribution in [2.45, 2.75) is 18.9 Å². The molecule has 0 aliphatic carbocycles. The van der Waals surface area contributed by atoms with E-state index in [1.807, 2.05) is 32.6 Å². The van der Waals surface area contributed by atoms with Crippen molar-refractivity contribution < 1.29 is 4.74 Å². The van der Waals surface area contributed by atoms with Crippen LogP contribution in [0.1, 0.15) is 12.8 Å². The number of nitrogens with zero attached hydrogens (tertiary/aromatic N) is 2. The van der Waals surface area contributed by atoms with Gasteiger partial charge in [-0.2, -0.15) is 0 Å². The number of anilines is 2. The summed E-state index contributed by atoms with van der Waals surface area (Å²) in [5, 5.41) is 3.50. The third-order valence-corrected chi connectivity index (χ3v) is 2.80. The minimum absolute atomic E-state index is 0.414. The Kier molecular flexibility index (Phi) is 3.62. The molecule has 1 aromatic rings. The fraction of sp³-hybridized carbons (Fsp3) is 0.583. The van der Waals surface area contributed by atoms with E-state index in [-0.39, 0.29) is 0 Å². The van der Waals surface area contributed by atoms with Crippen molar-refractivity contribution in [1.82, 2.24) is 4.98 Å². The van der Waals surface area contributed by atoms with Crippen LogP contribution in [0.25, 0.3) is 0 Å². The lowest BCUT2D eigenvalue weighted by molar-refractivity contribution is 0.0876. The summed E-state index contributed by atoms with van der Waals surface area (Å²) in [6.07, 6.45) is 6.00. The Labute approximate surface area is 96.6 Å². The molecule has 1 saturated heterocycles. The van der Waals surface area contributed by atoms with E-state index < -0.39 is 0 Å². The summed E-state index contributed by atoms with van der Waals surface area (Å²) < 4.78 is 5.46. The summed E-state index contributed by atoms with van der Waals surface area (Å²) >= 11 is 0. The summed E-state index contributed by atoms with van der Waals surface area (Å²) in [5.74, 6) is 0. The van der Waals surface area contributed by atoms with Crippen molar-refractivity contribution in [3.8, 4) is 0 Å². The van der Waals surface area contributed by atoms with Gasteiger partial charge in [0.2, 0.25) is 0 Å². The van der Waals surface area contributed by atoms with Crippen molar-refractivity contribution in [1.29, 1.82) is 0 Å². The van der Waals surface area contributed by atoms with Crippen LogP contribution in [0, 0.1) is 0 Å². The van der Waals surface area contributed by atoms with Crippen molar-refractivity contribution in [2.75, 3.05) is 37.5 Å². The predicted molar refractivity (Wildman–Crippen MR) is 66.0 cm³/mol. The Morgan fingerprint density at radius 3 is 3.06 bits per heavy atom. The molecule has 2 heterocycles. The minimum Gasteiger partial charge on any atom is -0.379 e. The molecule has 0 spiro atoms. The summed E-state index contributed by atoms with van der Waals surface area (Å²) in [6, 6.07) is 2.43. The zero-order chi connectivity index (χ0) is 11.4. The third-order valence-electron chi connectivity index (χ3n) is 2.80. The molecule has 16 heavy (non-hydrogen) atoms. The van der Waals surface area contributed by atoms with Gasteiger partial charge in [0.05, 0.1) is 24.2 Å². The van der Waals surface area contributed by atoms with Gasteiger partial charge < -0.3 is 15.0 Å². The maximum atomic E-state index is 5.46. The summed E-state index contributed by atoms with van der Waals surface area (Å²) in [7, 11) is 4.08. The molecule has 1 atom stereocenters. The largest absolute Gasteiger partial charge is 0.379 e. The monoisotopic (exact) mass is 221 g/mol. The Morgan fingerprint density at radius 2 is 2.38 bits per heavy atom. The summed E-state index contributed by atoms with van der Waals surface area (Å²) in [6.45, 7) is 1.69. The lowest BCUT2D eigenvalue weighted by atomic mass is 10.1. The smallest absolute Gasteiger partial charge is 0.0767 e. The van der Waals surface area contributed by atoms with E-state index in [1.54, 1.807) is 0 Å². The maximum absolute atomic E-state index is 5.46. The van der Waals surface area contributed by atoms with Gasteiger partial charge >= 0.3 is 0 Å². The van der Waals surface area contributed by atoms with Gasteiger partial charge in [-0.25, -0.2) is 0 Å². The van der Waals surface area contributed by atoms with E-state index in [0.717, 1.165) is 25.3 Å². The molecule has 1 aliphatic rings. The molecule has 1 aliphatic heterocycles. The highest BCUT2D eigenvalue weighted by Crippen LogP contribution is 2.24. The molecular weight excluding hydrogens is 202 g/mol. The highest BCUT2D eigenvalue weighted by atomic mass is 16.5. The third kappa shape index (κ3) is 2.64. The number of pyridine rings is 1. The zero-order valence-electron chi connectivity index (χ0n) is 9.94. The van der Waals surface area contributed by atoms with Crippen LogP contribution in [-0.4, -0.2) is 38.3 Å². The first-order valence-corrected chi connectivity index (χ1v) is 5.73. The van der Waals surface area contributed by atoms with Gasteiger partial charge in [-0.15, -0.1) is 0 Å². The topological polar surface area (TPSA) is 37.4 Å². The number of aromatic nitrogens is 1. The van der Waals surface area contributed by atoms with Crippen LogP contribution in [0.4, 0.5) is 11.4 Å². The summed E-state index contributed by atoms with van der Waals surface area (Å²) in [4.78, 5) is 6.25. The molecule has 1 N–H and O–H groups in total. The standard InChI is InChI=1S/C12H19N3O/c1-15(2)12-5-6-13-8-11(12)14-10-4-3-7-16-9-10/h5-6,8,10,14H,3-4,7,9H2,1-2H3. The Hall–Kier alpha value is -1.29. The molecule has 0 bridgehead atoms. The van der Waals surface area contributed by atoms with Crippen molar-refractivity contribution in [3.05, 3.63) is 18.5 Å². The number of hydrogen-bond acceptors (Lipinski definition) is 4. The van der Waals surface area contributed by atoms with Gasteiger partial charge in [-0.1, -0.05) is 0 Å². The van der Waals surface area contributed by atoms with E-state index in [2.05, 4.69) is 15.2 Å². The van der Waals surface area contributed by atoms with Gasteiger partial charge in [-0.05, 0) is 18.9 Å². The fourth-order valence-electron chi connectivity index (χ4n) is 1.96. The molecule has 1 fully saturated rings. The second kappa shape index (κ2) is 5.16. The van der Waals surface area contributed by atoms with Gasteiger partial charge in [0.1, 0.15) is 0 Å². The highest BCUT2D eigenvalue weighted by molar-refractivity contribution is 5.68. The van der Waals surface area contributed by atoms with Gasteiger partial charge in [0.25, 0.3) is 0 Å². The van der Waals surface area contributed by atoms with Crippen LogP contribution < -0.4 is 10.2 Å². The van der Waals surface area contributed by atoms with Crippen LogP contribution in [0.3, 0.4) is 0 Å². The molecule has 0 radical (unpaired) electrons. The number of hydrogen-bond donors (Lipinski definition) is 1. The Balaban J connectivity index is 2.07. The average Bonchev–Trinajstić information content (AvgIpc) is 2.31. The number of nitrogens with one attached hydrogen (secondary N) is 1. The molecule has 0 saturated carbocycles. The van der Waals surface area contributed by atoms with E-state index in [1.165, 1.54) is 12.1 Å². The molecule has 88 valence electrons. The molecule has 4 heteroatoms. The summed E-state index contributed by atoms with van der Waals surface area (Å²) in [5.41, 5.74) is 2.25. The predicted octanol–water partition coefficient (Wildman–Crippen LogP) is 1.74. The van der Waals surface area contributed by atoms with Crippen LogP contribution in [0.2, 0.25) is 0 Å². The maximum Gasteiger partial charge on any atom is 0.0767 e. The van der Waals surface area contributed by atoms with Gasteiger partial charge in [0.15, 0.2) is 0 Å². The fourth-order valence-corrected chi connectivity index (χ4v) is 1.96. The van der Waals surface area contributed by atoms with Crippen LogP contribution in [0.15, 0.2) is 18.5 Å². The molecule has 0 amide bonds. The van der Waals surface area contributed by atoms with Gasteiger partial charge in [0, 0.05) is 32.9 Å². The Morgan fingerprint density at radius 1 is 1.50 bits per heavy atom.